The van der Waals surface area contributed by atoms with Crippen LogP contribution in [0.15, 0.2) is 41.3 Å². The average molecular weight is 427 g/mol. The van der Waals surface area contributed by atoms with Crippen molar-refractivity contribution in [2.24, 2.45) is 0 Å². The number of amides is 1. The van der Waals surface area contributed by atoms with E-state index in [1.54, 1.807) is 19.1 Å². The van der Waals surface area contributed by atoms with Gasteiger partial charge in [-0.05, 0) is 26.0 Å². The van der Waals surface area contributed by atoms with E-state index in [4.69, 9.17) is 4.74 Å². The first-order valence-corrected chi connectivity index (χ1v) is 10.1. The van der Waals surface area contributed by atoms with Crippen LogP contribution in [-0.4, -0.2) is 46.7 Å². The van der Waals surface area contributed by atoms with Crippen molar-refractivity contribution in [1.29, 1.82) is 0 Å². The average Bonchev–Trinajstić information content (AvgIpc) is 3.18. The van der Waals surface area contributed by atoms with Crippen molar-refractivity contribution in [3.63, 3.8) is 0 Å². The van der Waals surface area contributed by atoms with Crippen LogP contribution in [0.1, 0.15) is 23.0 Å². The van der Waals surface area contributed by atoms with E-state index in [1.807, 2.05) is 13.0 Å². The molecule has 1 fully saturated rings. The smallest absolute Gasteiger partial charge is 0.275 e. The minimum Gasteiger partial charge on any atom is -0.378 e. The van der Waals surface area contributed by atoms with E-state index in [1.165, 1.54) is 27.8 Å². The number of nitrogens with zero attached hydrogens (tertiary/aromatic N) is 2. The molecule has 0 radical (unpaired) electrons. The van der Waals surface area contributed by atoms with Gasteiger partial charge in [-0.1, -0.05) is 18.2 Å². The highest BCUT2D eigenvalue weighted by Gasteiger charge is 2.26. The number of halogens is 2. The number of hydrogen-bond acceptors (Lipinski definition) is 3. The Labute approximate surface area is 177 Å². The second-order valence-corrected chi connectivity index (χ2v) is 7.50. The SMILES string of the molecule is C/C=C/Cn1cc(-c2ccc(C(=O)N3CCOCC3)c(F)c2F)c2cc(C)[nH]c2c1=O. The maximum absolute atomic E-state index is 15.2. The molecule has 6 nitrogen and oxygen atoms in total. The van der Waals surface area contributed by atoms with Gasteiger partial charge in [-0.2, -0.15) is 0 Å². The minimum absolute atomic E-state index is 0.00532. The van der Waals surface area contributed by atoms with E-state index in [9.17, 15) is 14.0 Å². The number of pyridine rings is 1. The van der Waals surface area contributed by atoms with E-state index < -0.39 is 17.5 Å². The lowest BCUT2D eigenvalue weighted by atomic mass is 10.00. The van der Waals surface area contributed by atoms with Crippen LogP contribution >= 0.6 is 0 Å². The molecule has 162 valence electrons. The molecule has 2 aromatic heterocycles. The largest absolute Gasteiger partial charge is 0.378 e. The summed E-state index contributed by atoms with van der Waals surface area (Å²) in [6.07, 6.45) is 5.13. The number of carbonyl (C=O) groups excluding carboxylic acids is 1. The second-order valence-electron chi connectivity index (χ2n) is 7.50. The van der Waals surface area contributed by atoms with Gasteiger partial charge in [0.25, 0.3) is 11.5 Å². The molecule has 1 aliphatic heterocycles. The van der Waals surface area contributed by atoms with Crippen LogP contribution in [0.3, 0.4) is 0 Å². The number of aromatic amines is 1. The van der Waals surface area contributed by atoms with E-state index >= 15 is 4.39 Å². The Bertz CT molecular complexity index is 1240. The van der Waals surface area contributed by atoms with Crippen LogP contribution in [0.5, 0.6) is 0 Å². The predicted molar refractivity (Wildman–Crippen MR) is 114 cm³/mol. The number of ether oxygens (including phenoxy) is 1. The summed E-state index contributed by atoms with van der Waals surface area (Å²) in [4.78, 5) is 29.9. The van der Waals surface area contributed by atoms with Gasteiger partial charge in [-0.15, -0.1) is 0 Å². The third-order valence-corrected chi connectivity index (χ3v) is 5.44. The molecule has 0 atom stereocenters. The van der Waals surface area contributed by atoms with E-state index in [0.717, 1.165) is 5.69 Å². The Hall–Kier alpha value is -3.26. The molecule has 1 aliphatic rings. The lowest BCUT2D eigenvalue weighted by Gasteiger charge is -2.27. The highest BCUT2D eigenvalue weighted by atomic mass is 19.2. The zero-order valence-corrected chi connectivity index (χ0v) is 17.4. The predicted octanol–water partition coefficient (Wildman–Crippen LogP) is 3.63. The standard InChI is InChI=1S/C23H23F2N3O3/c1-3-4-7-28-13-18(17-12-14(2)26-21(17)23(28)30)15-5-6-16(20(25)19(15)24)22(29)27-8-10-31-11-9-27/h3-6,12-13,26H,7-11H2,1-2H3/b4-3+. The molecule has 0 spiro atoms. The molecular weight excluding hydrogens is 404 g/mol. The van der Waals surface area contributed by atoms with Gasteiger partial charge >= 0.3 is 0 Å². The Morgan fingerprint density at radius 3 is 2.65 bits per heavy atom. The van der Waals surface area contributed by atoms with E-state index in [2.05, 4.69) is 4.98 Å². The molecule has 1 saturated heterocycles. The zero-order chi connectivity index (χ0) is 22.1. The van der Waals surface area contributed by atoms with Crippen molar-refractivity contribution >= 4 is 16.8 Å². The van der Waals surface area contributed by atoms with Crippen LogP contribution in [0.25, 0.3) is 22.0 Å². The summed E-state index contributed by atoms with van der Waals surface area (Å²) in [6, 6.07) is 4.43. The number of aryl methyl sites for hydroxylation is 1. The Balaban J connectivity index is 1.84. The summed E-state index contributed by atoms with van der Waals surface area (Å²) in [5, 5.41) is 0.504. The molecule has 1 aromatic carbocycles. The minimum atomic E-state index is -1.19. The van der Waals surface area contributed by atoms with E-state index in [-0.39, 0.29) is 16.7 Å². The monoisotopic (exact) mass is 427 g/mol. The van der Waals surface area contributed by atoms with Crippen molar-refractivity contribution in [2.75, 3.05) is 26.3 Å². The van der Waals surface area contributed by atoms with Crippen LogP contribution < -0.4 is 5.56 Å². The molecule has 0 unspecified atom stereocenters. The maximum Gasteiger partial charge on any atom is 0.275 e. The summed E-state index contributed by atoms with van der Waals surface area (Å²) in [5.41, 5.74) is 0.876. The van der Waals surface area contributed by atoms with Gasteiger partial charge in [-0.3, -0.25) is 9.59 Å². The van der Waals surface area contributed by atoms with Crippen LogP contribution in [0.2, 0.25) is 0 Å². The summed E-state index contributed by atoms with van der Waals surface area (Å²) >= 11 is 0. The van der Waals surface area contributed by atoms with Crippen molar-refractivity contribution in [2.45, 2.75) is 20.4 Å². The number of fused-ring (bicyclic) bond motifs is 1. The molecule has 8 heteroatoms. The fourth-order valence-electron chi connectivity index (χ4n) is 3.83. The maximum atomic E-state index is 15.2. The number of allylic oxidation sites excluding steroid dienone is 2. The third kappa shape index (κ3) is 3.79. The van der Waals surface area contributed by atoms with Crippen molar-refractivity contribution in [3.8, 4) is 11.1 Å². The lowest BCUT2D eigenvalue weighted by Crippen LogP contribution is -2.41. The van der Waals surface area contributed by atoms with Crippen LogP contribution in [-0.2, 0) is 11.3 Å². The second kappa shape index (κ2) is 8.47. The van der Waals surface area contributed by atoms with Crippen LogP contribution in [0.4, 0.5) is 8.78 Å². The van der Waals surface area contributed by atoms with Gasteiger partial charge in [-0.25, -0.2) is 8.78 Å². The molecular formula is C23H23F2N3O3. The Morgan fingerprint density at radius 2 is 1.94 bits per heavy atom. The first kappa shape index (κ1) is 21.0. The zero-order valence-electron chi connectivity index (χ0n) is 17.4. The number of nitrogens with one attached hydrogen (secondary N) is 1. The number of rotatable bonds is 4. The van der Waals surface area contributed by atoms with Gasteiger partial charge in [0.2, 0.25) is 0 Å². The molecule has 31 heavy (non-hydrogen) atoms. The quantitative estimate of drug-likeness (QED) is 0.647. The number of hydrogen-bond donors (Lipinski definition) is 1. The number of carbonyl (C=O) groups is 1. The first-order chi connectivity index (χ1) is 14.9. The normalized spacial score (nSPS) is 14.6. The van der Waals surface area contributed by atoms with Crippen molar-refractivity contribution in [1.82, 2.24) is 14.5 Å². The van der Waals surface area contributed by atoms with Gasteiger partial charge in [0.05, 0.1) is 18.8 Å². The van der Waals surface area contributed by atoms with Gasteiger partial charge in [0, 0.05) is 48.0 Å². The lowest BCUT2D eigenvalue weighted by molar-refractivity contribution is 0.0299. The fraction of sp³-hybridized carbons (Fsp3) is 0.304. The number of H-pyrrole nitrogens is 1. The molecule has 0 aliphatic carbocycles. The van der Waals surface area contributed by atoms with E-state index in [0.29, 0.717) is 49.3 Å². The highest BCUT2D eigenvalue weighted by Crippen LogP contribution is 2.32. The summed E-state index contributed by atoms with van der Waals surface area (Å²) in [5.74, 6) is -2.87. The van der Waals surface area contributed by atoms with Gasteiger partial charge in [0.1, 0.15) is 5.52 Å². The van der Waals surface area contributed by atoms with Crippen LogP contribution in [0, 0.1) is 18.6 Å². The molecule has 0 bridgehead atoms. The first-order valence-electron chi connectivity index (χ1n) is 10.1. The van der Waals surface area contributed by atoms with Crippen molar-refractivity contribution < 1.29 is 18.3 Å². The number of morpholine rings is 1. The molecule has 1 amide bonds. The topological polar surface area (TPSA) is 67.3 Å². The Kier molecular flexibility index (Phi) is 5.73. The Morgan fingerprint density at radius 1 is 1.19 bits per heavy atom. The fourth-order valence-corrected chi connectivity index (χ4v) is 3.83. The summed E-state index contributed by atoms with van der Waals surface area (Å²) < 4.78 is 36.9. The summed E-state index contributed by atoms with van der Waals surface area (Å²) in [7, 11) is 0. The van der Waals surface area contributed by atoms with Gasteiger partial charge < -0.3 is 19.2 Å². The molecule has 0 saturated carbocycles. The molecule has 1 N–H and O–H groups in total. The third-order valence-electron chi connectivity index (χ3n) is 5.44. The van der Waals surface area contributed by atoms with Gasteiger partial charge in [0.15, 0.2) is 11.6 Å². The number of benzene rings is 1. The molecule has 3 heterocycles. The molecule has 4 rings (SSSR count). The number of aromatic nitrogens is 2. The summed E-state index contributed by atoms with van der Waals surface area (Å²) in [6.45, 7) is 5.33. The van der Waals surface area contributed by atoms with Crippen molar-refractivity contribution in [3.05, 3.63) is 69.8 Å². The molecule has 3 aromatic rings. The highest BCUT2D eigenvalue weighted by molar-refractivity contribution is 5.98.